The van der Waals surface area contributed by atoms with Crippen LogP contribution in [0.3, 0.4) is 0 Å². The van der Waals surface area contributed by atoms with Gasteiger partial charge in [0.2, 0.25) is 0 Å². The van der Waals surface area contributed by atoms with Gasteiger partial charge in [0.15, 0.2) is 0 Å². The SMILES string of the molecule is CC(S)C1CCc2ccccc2C1. The predicted molar refractivity (Wildman–Crippen MR) is 60.4 cm³/mol. The Kier molecular flexibility index (Phi) is 2.63. The van der Waals surface area contributed by atoms with E-state index in [4.69, 9.17) is 0 Å². The van der Waals surface area contributed by atoms with E-state index < -0.39 is 0 Å². The largest absolute Gasteiger partial charge is 0.176 e. The molecule has 1 aromatic carbocycles. The molecular weight excluding hydrogens is 176 g/mol. The molecule has 0 saturated heterocycles. The molecule has 13 heavy (non-hydrogen) atoms. The highest BCUT2D eigenvalue weighted by molar-refractivity contribution is 7.80. The molecule has 70 valence electrons. The maximum Gasteiger partial charge on any atom is 0.00200 e. The van der Waals surface area contributed by atoms with E-state index in [1.54, 1.807) is 11.1 Å². The Balaban J connectivity index is 2.20. The molecule has 1 heteroatoms. The topological polar surface area (TPSA) is 0 Å². The molecule has 0 aliphatic heterocycles. The maximum atomic E-state index is 4.53. The van der Waals surface area contributed by atoms with Crippen LogP contribution in [-0.4, -0.2) is 5.25 Å². The summed E-state index contributed by atoms with van der Waals surface area (Å²) in [5, 5.41) is 0.536. The monoisotopic (exact) mass is 192 g/mol. The summed E-state index contributed by atoms with van der Waals surface area (Å²) in [6.45, 7) is 2.21. The Morgan fingerprint density at radius 1 is 1.31 bits per heavy atom. The van der Waals surface area contributed by atoms with Gasteiger partial charge in [-0.3, -0.25) is 0 Å². The molecule has 2 unspecified atom stereocenters. The molecule has 2 atom stereocenters. The summed E-state index contributed by atoms with van der Waals surface area (Å²) in [4.78, 5) is 0. The molecule has 1 aromatic rings. The van der Waals surface area contributed by atoms with Crippen LogP contribution in [0.1, 0.15) is 24.5 Å². The molecule has 0 nitrogen and oxygen atoms in total. The molecule has 0 aromatic heterocycles. The van der Waals surface area contributed by atoms with Gasteiger partial charge in [-0.05, 0) is 36.3 Å². The minimum atomic E-state index is 0.536. The maximum absolute atomic E-state index is 4.53. The van der Waals surface area contributed by atoms with Crippen molar-refractivity contribution in [3.05, 3.63) is 35.4 Å². The van der Waals surface area contributed by atoms with E-state index in [0.29, 0.717) is 5.25 Å². The molecule has 0 fully saturated rings. The Hall–Kier alpha value is -0.430. The number of rotatable bonds is 1. The van der Waals surface area contributed by atoms with Crippen LogP contribution in [-0.2, 0) is 12.8 Å². The Morgan fingerprint density at radius 2 is 2.00 bits per heavy atom. The number of fused-ring (bicyclic) bond motifs is 1. The van der Waals surface area contributed by atoms with Gasteiger partial charge in [0.1, 0.15) is 0 Å². The minimum absolute atomic E-state index is 0.536. The van der Waals surface area contributed by atoms with E-state index in [-0.39, 0.29) is 0 Å². The highest BCUT2D eigenvalue weighted by Crippen LogP contribution is 2.29. The molecule has 0 bridgehead atoms. The van der Waals surface area contributed by atoms with Gasteiger partial charge in [-0.2, -0.15) is 12.6 Å². The molecule has 2 rings (SSSR count). The first-order valence-corrected chi connectivity index (χ1v) is 5.54. The lowest BCUT2D eigenvalue weighted by Crippen LogP contribution is -2.20. The molecule has 1 aliphatic rings. The first-order valence-electron chi connectivity index (χ1n) is 5.02. The van der Waals surface area contributed by atoms with Gasteiger partial charge in [0.25, 0.3) is 0 Å². The van der Waals surface area contributed by atoms with Crippen LogP contribution >= 0.6 is 12.6 Å². The van der Waals surface area contributed by atoms with Crippen molar-refractivity contribution in [2.24, 2.45) is 5.92 Å². The third kappa shape index (κ3) is 1.91. The standard InChI is InChI=1S/C12H16S/c1-9(13)11-7-6-10-4-2-3-5-12(10)8-11/h2-5,9,11,13H,6-8H2,1H3. The normalized spacial score (nSPS) is 23.7. The van der Waals surface area contributed by atoms with Gasteiger partial charge < -0.3 is 0 Å². The summed E-state index contributed by atoms with van der Waals surface area (Å²) in [6, 6.07) is 8.81. The second-order valence-electron chi connectivity index (χ2n) is 4.01. The number of hydrogen-bond donors (Lipinski definition) is 1. The zero-order valence-electron chi connectivity index (χ0n) is 8.03. The number of thiol groups is 1. The zero-order chi connectivity index (χ0) is 9.26. The molecular formula is C12H16S. The smallest absolute Gasteiger partial charge is 0.00200 e. The molecule has 0 N–H and O–H groups in total. The fourth-order valence-electron chi connectivity index (χ4n) is 2.14. The van der Waals surface area contributed by atoms with E-state index in [9.17, 15) is 0 Å². The second kappa shape index (κ2) is 3.75. The van der Waals surface area contributed by atoms with Crippen molar-refractivity contribution in [1.82, 2.24) is 0 Å². The van der Waals surface area contributed by atoms with Crippen molar-refractivity contribution in [1.29, 1.82) is 0 Å². The highest BCUT2D eigenvalue weighted by atomic mass is 32.1. The van der Waals surface area contributed by atoms with E-state index >= 15 is 0 Å². The van der Waals surface area contributed by atoms with Gasteiger partial charge in [-0.25, -0.2) is 0 Å². The molecule has 0 amide bonds. The number of aryl methyl sites for hydroxylation is 1. The summed E-state index contributed by atoms with van der Waals surface area (Å²) in [5.41, 5.74) is 3.09. The van der Waals surface area contributed by atoms with Crippen LogP contribution in [0.15, 0.2) is 24.3 Å². The zero-order valence-corrected chi connectivity index (χ0v) is 8.93. The van der Waals surface area contributed by atoms with Crippen LogP contribution in [0.4, 0.5) is 0 Å². The molecule has 0 heterocycles. The summed E-state index contributed by atoms with van der Waals surface area (Å²) in [5.74, 6) is 0.776. The van der Waals surface area contributed by atoms with Crippen molar-refractivity contribution < 1.29 is 0 Å². The molecule has 1 aliphatic carbocycles. The minimum Gasteiger partial charge on any atom is -0.176 e. The average Bonchev–Trinajstić information content (AvgIpc) is 2.17. The van der Waals surface area contributed by atoms with Crippen LogP contribution in [0.25, 0.3) is 0 Å². The van der Waals surface area contributed by atoms with E-state index in [0.717, 1.165) is 5.92 Å². The fraction of sp³-hybridized carbons (Fsp3) is 0.500. The van der Waals surface area contributed by atoms with Gasteiger partial charge in [-0.15, -0.1) is 0 Å². The van der Waals surface area contributed by atoms with Crippen LogP contribution in [0.2, 0.25) is 0 Å². The Bertz CT molecular complexity index is 291. The van der Waals surface area contributed by atoms with Crippen LogP contribution in [0, 0.1) is 5.92 Å². The average molecular weight is 192 g/mol. The predicted octanol–water partition coefficient (Wildman–Crippen LogP) is 3.11. The van der Waals surface area contributed by atoms with Gasteiger partial charge in [-0.1, -0.05) is 31.2 Å². The lowest BCUT2D eigenvalue weighted by Gasteiger charge is -2.26. The van der Waals surface area contributed by atoms with Crippen molar-refractivity contribution in [3.8, 4) is 0 Å². The van der Waals surface area contributed by atoms with Gasteiger partial charge >= 0.3 is 0 Å². The molecule has 0 radical (unpaired) electrons. The molecule has 0 spiro atoms. The fourth-order valence-corrected chi connectivity index (χ4v) is 2.39. The quantitative estimate of drug-likeness (QED) is 0.649. The summed E-state index contributed by atoms with van der Waals surface area (Å²) >= 11 is 4.53. The van der Waals surface area contributed by atoms with E-state index in [1.165, 1.54) is 19.3 Å². The van der Waals surface area contributed by atoms with E-state index in [2.05, 4.69) is 43.8 Å². The summed E-state index contributed by atoms with van der Waals surface area (Å²) < 4.78 is 0. The number of hydrogen-bond acceptors (Lipinski definition) is 1. The first kappa shape index (κ1) is 9.14. The van der Waals surface area contributed by atoms with Gasteiger partial charge in [0, 0.05) is 5.25 Å². The first-order chi connectivity index (χ1) is 6.27. The number of benzene rings is 1. The second-order valence-corrected chi connectivity index (χ2v) is 4.83. The Morgan fingerprint density at radius 3 is 2.69 bits per heavy atom. The van der Waals surface area contributed by atoms with Gasteiger partial charge in [0.05, 0.1) is 0 Å². The third-order valence-electron chi connectivity index (χ3n) is 3.07. The van der Waals surface area contributed by atoms with Crippen LogP contribution < -0.4 is 0 Å². The van der Waals surface area contributed by atoms with Crippen LogP contribution in [0.5, 0.6) is 0 Å². The van der Waals surface area contributed by atoms with E-state index in [1.807, 2.05) is 0 Å². The van der Waals surface area contributed by atoms with Crippen molar-refractivity contribution >= 4 is 12.6 Å². The van der Waals surface area contributed by atoms with Crippen molar-refractivity contribution in [3.63, 3.8) is 0 Å². The summed E-state index contributed by atoms with van der Waals surface area (Å²) in [6.07, 6.45) is 3.77. The third-order valence-corrected chi connectivity index (χ3v) is 3.49. The van der Waals surface area contributed by atoms with Crippen molar-refractivity contribution in [2.45, 2.75) is 31.4 Å². The molecule has 0 saturated carbocycles. The lowest BCUT2D eigenvalue weighted by atomic mass is 9.82. The van der Waals surface area contributed by atoms with Crippen molar-refractivity contribution in [2.75, 3.05) is 0 Å². The summed E-state index contributed by atoms with van der Waals surface area (Å²) in [7, 11) is 0. The lowest BCUT2D eigenvalue weighted by molar-refractivity contribution is 0.457. The highest BCUT2D eigenvalue weighted by Gasteiger charge is 2.20. The Labute approximate surface area is 85.8 Å².